The molecule has 2 heterocycles. The number of oxazole rings is 1. The highest BCUT2D eigenvalue weighted by Crippen LogP contribution is 2.28. The summed E-state index contributed by atoms with van der Waals surface area (Å²) in [5, 5.41) is 0. The molecule has 9 nitrogen and oxygen atoms in total. The minimum absolute atomic E-state index is 0.148. The summed E-state index contributed by atoms with van der Waals surface area (Å²) in [6, 6.07) is 24.6. The van der Waals surface area contributed by atoms with Crippen LogP contribution in [0.3, 0.4) is 0 Å². The van der Waals surface area contributed by atoms with Gasteiger partial charge in [0.05, 0.1) is 25.5 Å². The van der Waals surface area contributed by atoms with Gasteiger partial charge in [-0.05, 0) is 49.6 Å². The van der Waals surface area contributed by atoms with E-state index in [0.29, 0.717) is 43.4 Å². The lowest BCUT2D eigenvalue weighted by Gasteiger charge is -2.25. The van der Waals surface area contributed by atoms with Gasteiger partial charge in [-0.1, -0.05) is 54.6 Å². The van der Waals surface area contributed by atoms with Gasteiger partial charge in [0, 0.05) is 31.1 Å². The first-order valence-corrected chi connectivity index (χ1v) is 14.4. The minimum Gasteiger partial charge on any atom is -0.496 e. The number of aromatic nitrogens is 1. The number of amides is 2. The Hall–Kier alpha value is -4.63. The number of hydrogen-bond donors (Lipinski definition) is 0. The smallest absolute Gasteiger partial charge is 0.417 e. The molecule has 0 aliphatic carbocycles. The maximum absolute atomic E-state index is 13.6. The first-order valence-electron chi connectivity index (χ1n) is 14.4. The standard InChI is InChI=1S/C34H36N2O7/c1-4-40-31(33(37)36-27(22-42-34(36)38)19-24-11-7-5-8-12-24)20-26-15-16-28(21-30(26)39-3)41-18-17-29-23(2)43-32(35-29)25-13-9-6-10-14-25/h5-16,21,27,31H,4,17-20,22H2,1-3H3/t27-,31-/m0/s1. The van der Waals surface area contributed by atoms with Gasteiger partial charge in [-0.15, -0.1) is 0 Å². The molecule has 2 amide bonds. The number of carbonyl (C=O) groups excluding carboxylic acids is 2. The van der Waals surface area contributed by atoms with Crippen LogP contribution < -0.4 is 9.47 Å². The molecule has 1 saturated heterocycles. The number of hydrogen-bond acceptors (Lipinski definition) is 8. The Kier molecular flexibility index (Phi) is 9.73. The van der Waals surface area contributed by atoms with Gasteiger partial charge in [0.25, 0.3) is 5.91 Å². The number of aryl methyl sites for hydroxylation is 1. The summed E-state index contributed by atoms with van der Waals surface area (Å²) in [6.07, 6.45) is -0.233. The molecule has 0 bridgehead atoms. The zero-order valence-electron chi connectivity index (χ0n) is 24.7. The van der Waals surface area contributed by atoms with Crippen LogP contribution >= 0.6 is 0 Å². The molecule has 43 heavy (non-hydrogen) atoms. The van der Waals surface area contributed by atoms with E-state index in [1.807, 2.05) is 86.6 Å². The van der Waals surface area contributed by atoms with E-state index in [-0.39, 0.29) is 13.0 Å². The average molecular weight is 585 g/mol. The van der Waals surface area contributed by atoms with Crippen molar-refractivity contribution in [3.8, 4) is 23.0 Å². The molecule has 0 N–H and O–H groups in total. The first kappa shape index (κ1) is 29.8. The number of benzene rings is 3. The highest BCUT2D eigenvalue weighted by molar-refractivity contribution is 5.96. The molecule has 4 aromatic rings. The Labute approximate surface area is 251 Å². The molecule has 0 saturated carbocycles. The van der Waals surface area contributed by atoms with Crippen molar-refractivity contribution in [3.63, 3.8) is 0 Å². The molecule has 1 aliphatic heterocycles. The Morgan fingerprint density at radius 1 is 1.07 bits per heavy atom. The molecule has 3 aromatic carbocycles. The fraction of sp³-hybridized carbons (Fsp3) is 0.324. The fourth-order valence-corrected chi connectivity index (χ4v) is 5.15. The van der Waals surface area contributed by atoms with E-state index in [1.165, 1.54) is 4.90 Å². The Morgan fingerprint density at radius 3 is 2.53 bits per heavy atom. The maximum atomic E-state index is 13.6. The monoisotopic (exact) mass is 584 g/mol. The van der Waals surface area contributed by atoms with Crippen LogP contribution in [0.1, 0.15) is 29.5 Å². The van der Waals surface area contributed by atoms with Crippen LogP contribution in [0.15, 0.2) is 83.3 Å². The van der Waals surface area contributed by atoms with E-state index in [1.54, 1.807) is 13.2 Å². The van der Waals surface area contributed by atoms with E-state index < -0.39 is 24.1 Å². The molecule has 1 aromatic heterocycles. The SMILES string of the molecule is CCO[C@@H](Cc1ccc(OCCc2nc(-c3ccccc3)oc2C)cc1OC)C(=O)N1C(=O)OC[C@@H]1Cc1ccccc1. The van der Waals surface area contributed by atoms with E-state index in [2.05, 4.69) is 4.98 Å². The Morgan fingerprint density at radius 2 is 1.81 bits per heavy atom. The third-order valence-electron chi connectivity index (χ3n) is 7.34. The summed E-state index contributed by atoms with van der Waals surface area (Å²) in [6.45, 7) is 4.56. The average Bonchev–Trinajstić information content (AvgIpc) is 3.59. The number of imide groups is 1. The minimum atomic E-state index is -0.886. The van der Waals surface area contributed by atoms with Gasteiger partial charge < -0.3 is 23.4 Å². The van der Waals surface area contributed by atoms with Gasteiger partial charge in [0.2, 0.25) is 5.89 Å². The first-order chi connectivity index (χ1) is 21.0. The summed E-state index contributed by atoms with van der Waals surface area (Å²) >= 11 is 0. The van der Waals surface area contributed by atoms with Gasteiger partial charge in [0.1, 0.15) is 30.0 Å². The number of cyclic esters (lactones) is 1. The van der Waals surface area contributed by atoms with Gasteiger partial charge in [0.15, 0.2) is 0 Å². The van der Waals surface area contributed by atoms with E-state index in [9.17, 15) is 9.59 Å². The summed E-state index contributed by atoms with van der Waals surface area (Å²) in [5.74, 6) is 2.10. The predicted octanol–water partition coefficient (Wildman–Crippen LogP) is 5.82. The second-order valence-corrected chi connectivity index (χ2v) is 10.2. The van der Waals surface area contributed by atoms with Gasteiger partial charge in [-0.25, -0.2) is 14.7 Å². The summed E-state index contributed by atoms with van der Waals surface area (Å²) in [5.41, 5.74) is 3.54. The van der Waals surface area contributed by atoms with Crippen molar-refractivity contribution in [2.45, 2.75) is 45.3 Å². The van der Waals surface area contributed by atoms with Gasteiger partial charge in [-0.3, -0.25) is 4.79 Å². The molecule has 224 valence electrons. The largest absolute Gasteiger partial charge is 0.496 e. The third-order valence-corrected chi connectivity index (χ3v) is 7.34. The quantitative estimate of drug-likeness (QED) is 0.194. The van der Waals surface area contributed by atoms with Crippen LogP contribution in [0.5, 0.6) is 11.5 Å². The lowest BCUT2D eigenvalue weighted by molar-refractivity contribution is -0.141. The van der Waals surface area contributed by atoms with Crippen molar-refractivity contribution in [1.82, 2.24) is 9.88 Å². The molecule has 9 heteroatoms. The van der Waals surface area contributed by atoms with Crippen molar-refractivity contribution in [3.05, 3.63) is 101 Å². The van der Waals surface area contributed by atoms with Crippen molar-refractivity contribution in [1.29, 1.82) is 0 Å². The lowest BCUT2D eigenvalue weighted by atomic mass is 10.0. The molecule has 1 aliphatic rings. The zero-order valence-corrected chi connectivity index (χ0v) is 24.7. The molecule has 2 atom stereocenters. The molecule has 0 spiro atoms. The number of ether oxygens (including phenoxy) is 4. The maximum Gasteiger partial charge on any atom is 0.417 e. The fourth-order valence-electron chi connectivity index (χ4n) is 5.15. The highest BCUT2D eigenvalue weighted by atomic mass is 16.6. The van der Waals surface area contributed by atoms with Crippen LogP contribution in [0.25, 0.3) is 11.5 Å². The summed E-state index contributed by atoms with van der Waals surface area (Å²) < 4.78 is 28.6. The van der Waals surface area contributed by atoms with Crippen molar-refractivity contribution in [2.24, 2.45) is 0 Å². The molecular formula is C34H36N2O7. The second-order valence-electron chi connectivity index (χ2n) is 10.2. The van der Waals surface area contributed by atoms with Gasteiger partial charge in [-0.2, -0.15) is 0 Å². The number of rotatable bonds is 13. The molecule has 5 rings (SSSR count). The number of nitrogens with zero attached hydrogens (tertiary/aromatic N) is 2. The molecule has 0 radical (unpaired) electrons. The van der Waals surface area contributed by atoms with E-state index in [0.717, 1.165) is 28.1 Å². The van der Waals surface area contributed by atoms with Crippen molar-refractivity contribution in [2.75, 3.05) is 26.9 Å². The summed E-state index contributed by atoms with van der Waals surface area (Å²) in [7, 11) is 1.57. The van der Waals surface area contributed by atoms with Crippen molar-refractivity contribution < 1.29 is 33.0 Å². The van der Waals surface area contributed by atoms with Crippen LogP contribution in [-0.4, -0.2) is 61.0 Å². The Bertz CT molecular complexity index is 1520. The predicted molar refractivity (Wildman–Crippen MR) is 160 cm³/mol. The zero-order chi connectivity index (χ0) is 30.2. The van der Waals surface area contributed by atoms with Crippen LogP contribution in [0.4, 0.5) is 4.79 Å². The highest BCUT2D eigenvalue weighted by Gasteiger charge is 2.41. The van der Waals surface area contributed by atoms with Crippen LogP contribution in [0, 0.1) is 6.92 Å². The van der Waals surface area contributed by atoms with Crippen LogP contribution in [0.2, 0.25) is 0 Å². The van der Waals surface area contributed by atoms with Crippen molar-refractivity contribution >= 4 is 12.0 Å². The van der Waals surface area contributed by atoms with Gasteiger partial charge >= 0.3 is 6.09 Å². The molecule has 1 fully saturated rings. The Balaban J connectivity index is 1.23. The van der Waals surface area contributed by atoms with E-state index >= 15 is 0 Å². The lowest BCUT2D eigenvalue weighted by Crippen LogP contribution is -2.47. The summed E-state index contributed by atoms with van der Waals surface area (Å²) in [4.78, 5) is 32.1. The molecule has 0 unspecified atom stereocenters. The normalized spacial score (nSPS) is 15.3. The third kappa shape index (κ3) is 7.24. The van der Waals surface area contributed by atoms with Crippen LogP contribution in [-0.2, 0) is 33.5 Å². The topological polar surface area (TPSA) is 100 Å². The van der Waals surface area contributed by atoms with E-state index in [4.69, 9.17) is 23.4 Å². The molecular weight excluding hydrogens is 548 g/mol. The number of methoxy groups -OCH3 is 1. The second kappa shape index (κ2) is 14.0. The number of carbonyl (C=O) groups is 2.